The molecular formula is C14H15N7O4. The van der Waals surface area contributed by atoms with E-state index in [4.69, 9.17) is 20.5 Å². The molecule has 0 aliphatic carbocycles. The van der Waals surface area contributed by atoms with E-state index in [1.54, 1.807) is 0 Å². The third kappa shape index (κ3) is 4.61. The summed E-state index contributed by atoms with van der Waals surface area (Å²) in [5, 5.41) is 9.49. The normalized spacial score (nSPS) is 14.3. The summed E-state index contributed by atoms with van der Waals surface area (Å²) in [5.74, 6) is -1.28. The molecule has 0 saturated carbocycles. The molecule has 11 heteroatoms. The van der Waals surface area contributed by atoms with Crippen molar-refractivity contribution in [3.63, 3.8) is 0 Å². The maximum absolute atomic E-state index is 12.5. The zero-order valence-electron chi connectivity index (χ0n) is 13.3. The Morgan fingerprint density at radius 2 is 2.12 bits per heavy atom. The van der Waals surface area contributed by atoms with Crippen LogP contribution < -0.4 is 5.32 Å². The topological polar surface area (TPSA) is 162 Å². The van der Waals surface area contributed by atoms with Crippen LogP contribution in [0.5, 0.6) is 0 Å². The van der Waals surface area contributed by atoms with Gasteiger partial charge in [0.2, 0.25) is 0 Å². The molecule has 1 amide bonds. The van der Waals surface area contributed by atoms with Crippen LogP contribution in [0, 0.1) is 5.92 Å². The van der Waals surface area contributed by atoms with Crippen LogP contribution in [0.4, 0.5) is 5.69 Å². The Hall–Kier alpha value is -3.26. The molecule has 2 rings (SSSR count). The lowest BCUT2D eigenvalue weighted by Gasteiger charge is -2.32. The van der Waals surface area contributed by atoms with Crippen LogP contribution in [0.15, 0.2) is 28.4 Å². The molecule has 11 nitrogen and oxygen atoms in total. The summed E-state index contributed by atoms with van der Waals surface area (Å²) in [6.45, 7) is 0.685. The maximum atomic E-state index is 12.5. The Morgan fingerprint density at radius 3 is 2.68 bits per heavy atom. The first kappa shape index (κ1) is 18.1. The lowest BCUT2D eigenvalue weighted by molar-refractivity contribution is -0.150. The van der Waals surface area contributed by atoms with Crippen molar-refractivity contribution in [1.82, 2.24) is 5.32 Å². The van der Waals surface area contributed by atoms with E-state index >= 15 is 0 Å². The zero-order valence-corrected chi connectivity index (χ0v) is 13.3. The highest BCUT2D eigenvalue weighted by atomic mass is 16.5. The summed E-state index contributed by atoms with van der Waals surface area (Å²) >= 11 is 0. The highest BCUT2D eigenvalue weighted by molar-refractivity contribution is 5.97. The molecule has 0 bridgehead atoms. The fraction of sp³-hybridized carbons (Fsp3) is 0.429. The minimum atomic E-state index is -0.838. The first-order valence-electron chi connectivity index (χ1n) is 7.25. The average molecular weight is 345 g/mol. The Labute approximate surface area is 142 Å². The summed E-state index contributed by atoms with van der Waals surface area (Å²) < 4.78 is 9.77. The van der Waals surface area contributed by atoms with Crippen LogP contribution in [0.2, 0.25) is 0 Å². The van der Waals surface area contributed by atoms with Crippen molar-refractivity contribution >= 4 is 17.6 Å². The number of benzene rings is 1. The van der Waals surface area contributed by atoms with Crippen LogP contribution in [-0.2, 0) is 20.8 Å². The van der Waals surface area contributed by atoms with Gasteiger partial charge in [0.1, 0.15) is 6.04 Å². The Bertz CT molecular complexity index is 764. The fourth-order valence-electron chi connectivity index (χ4n) is 2.29. The van der Waals surface area contributed by atoms with Gasteiger partial charge in [-0.05, 0) is 34.8 Å². The SMILES string of the molecule is COC(=O)C(NC(=O)c1cc(CN=[N+]=[N-])cc(N=[N+]=[N-])c1)C1COC1. The highest BCUT2D eigenvalue weighted by Crippen LogP contribution is 2.21. The van der Waals surface area contributed by atoms with E-state index in [9.17, 15) is 9.59 Å². The standard InChI is InChI=1S/C14H15N7O4/c1-24-14(23)12(10-6-25-7-10)18-13(22)9-2-8(5-17-20-15)3-11(4-9)19-21-16/h2-4,10,12H,5-7H2,1H3,(H,18,22). The van der Waals surface area contributed by atoms with Crippen molar-refractivity contribution < 1.29 is 19.1 Å². The molecule has 1 aromatic carbocycles. The third-order valence-electron chi connectivity index (χ3n) is 3.59. The molecule has 130 valence electrons. The number of amides is 1. The number of ether oxygens (including phenoxy) is 2. The van der Waals surface area contributed by atoms with Crippen molar-refractivity contribution in [2.24, 2.45) is 16.1 Å². The maximum Gasteiger partial charge on any atom is 0.328 e. The molecular weight excluding hydrogens is 330 g/mol. The second-order valence-corrected chi connectivity index (χ2v) is 5.24. The monoisotopic (exact) mass is 345 g/mol. The average Bonchev–Trinajstić information content (AvgIpc) is 2.57. The van der Waals surface area contributed by atoms with Crippen molar-refractivity contribution in [2.75, 3.05) is 20.3 Å². The quantitative estimate of drug-likeness (QED) is 0.347. The van der Waals surface area contributed by atoms with Gasteiger partial charge in [-0.15, -0.1) is 0 Å². The molecule has 0 spiro atoms. The molecule has 1 aromatic rings. The second-order valence-electron chi connectivity index (χ2n) is 5.24. The van der Waals surface area contributed by atoms with Crippen molar-refractivity contribution in [3.8, 4) is 0 Å². The predicted octanol–water partition coefficient (Wildman–Crippen LogP) is 2.36. The molecule has 1 aliphatic heterocycles. The van der Waals surface area contributed by atoms with E-state index in [2.05, 4.69) is 25.4 Å². The van der Waals surface area contributed by atoms with Gasteiger partial charge in [0.05, 0.1) is 26.9 Å². The first-order chi connectivity index (χ1) is 12.1. The molecule has 1 unspecified atom stereocenters. The summed E-state index contributed by atoms with van der Waals surface area (Å²) in [7, 11) is 1.24. The van der Waals surface area contributed by atoms with E-state index < -0.39 is 17.9 Å². The van der Waals surface area contributed by atoms with Crippen molar-refractivity contribution in [3.05, 3.63) is 50.2 Å². The minimum Gasteiger partial charge on any atom is -0.467 e. The van der Waals surface area contributed by atoms with E-state index in [1.165, 1.54) is 25.3 Å². The number of azide groups is 2. The van der Waals surface area contributed by atoms with E-state index in [0.717, 1.165) is 0 Å². The number of nitrogens with zero attached hydrogens (tertiary/aromatic N) is 6. The number of carbonyl (C=O) groups is 2. The Morgan fingerprint density at radius 1 is 1.36 bits per heavy atom. The lowest BCUT2D eigenvalue weighted by atomic mass is 9.97. The second kappa shape index (κ2) is 8.55. The Balaban J connectivity index is 2.26. The van der Waals surface area contributed by atoms with Crippen LogP contribution >= 0.6 is 0 Å². The molecule has 1 aliphatic rings. The molecule has 1 N–H and O–H groups in total. The van der Waals surface area contributed by atoms with Gasteiger partial charge in [0.25, 0.3) is 5.91 Å². The predicted molar refractivity (Wildman–Crippen MR) is 85.7 cm³/mol. The largest absolute Gasteiger partial charge is 0.467 e. The van der Waals surface area contributed by atoms with Crippen molar-refractivity contribution in [1.29, 1.82) is 0 Å². The number of carbonyl (C=O) groups excluding carboxylic acids is 2. The van der Waals surface area contributed by atoms with Gasteiger partial charge in [-0.3, -0.25) is 4.79 Å². The minimum absolute atomic E-state index is 0.0114. The van der Waals surface area contributed by atoms with Gasteiger partial charge in [0.15, 0.2) is 0 Å². The highest BCUT2D eigenvalue weighted by Gasteiger charge is 2.35. The third-order valence-corrected chi connectivity index (χ3v) is 3.59. The number of hydrogen-bond acceptors (Lipinski definition) is 6. The van der Waals surface area contributed by atoms with Gasteiger partial charge in [-0.25, -0.2) is 4.79 Å². The van der Waals surface area contributed by atoms with E-state index in [1.807, 2.05) is 0 Å². The fourth-order valence-corrected chi connectivity index (χ4v) is 2.29. The molecule has 1 saturated heterocycles. The molecule has 0 aromatic heterocycles. The van der Waals surface area contributed by atoms with Gasteiger partial charge >= 0.3 is 5.97 Å². The van der Waals surface area contributed by atoms with E-state index in [0.29, 0.717) is 18.8 Å². The van der Waals surface area contributed by atoms with Crippen LogP contribution in [0.1, 0.15) is 15.9 Å². The summed E-state index contributed by atoms with van der Waals surface area (Å²) in [4.78, 5) is 29.7. The van der Waals surface area contributed by atoms with Gasteiger partial charge in [-0.2, -0.15) is 0 Å². The number of hydrogen-bond donors (Lipinski definition) is 1. The zero-order chi connectivity index (χ0) is 18.2. The number of nitrogens with one attached hydrogen (secondary N) is 1. The first-order valence-corrected chi connectivity index (χ1v) is 7.25. The molecule has 1 heterocycles. The molecule has 25 heavy (non-hydrogen) atoms. The number of methoxy groups -OCH3 is 1. The molecule has 1 atom stereocenters. The van der Waals surface area contributed by atoms with Gasteiger partial charge in [0, 0.05) is 27.0 Å². The molecule has 1 fully saturated rings. The summed E-state index contributed by atoms with van der Waals surface area (Å²) in [6.07, 6.45) is 0. The number of esters is 1. The van der Waals surface area contributed by atoms with E-state index in [-0.39, 0.29) is 23.7 Å². The van der Waals surface area contributed by atoms with Crippen LogP contribution in [0.25, 0.3) is 20.9 Å². The van der Waals surface area contributed by atoms with Crippen LogP contribution in [-0.4, -0.2) is 38.2 Å². The lowest BCUT2D eigenvalue weighted by Crippen LogP contribution is -2.53. The number of rotatable bonds is 7. The molecule has 0 radical (unpaired) electrons. The summed E-state index contributed by atoms with van der Waals surface area (Å²) in [6, 6.07) is 3.53. The van der Waals surface area contributed by atoms with Crippen LogP contribution in [0.3, 0.4) is 0 Å². The Kier molecular flexibility index (Phi) is 6.19. The smallest absolute Gasteiger partial charge is 0.328 e. The van der Waals surface area contributed by atoms with Crippen molar-refractivity contribution in [2.45, 2.75) is 12.6 Å². The summed E-state index contributed by atoms with van der Waals surface area (Å²) in [5.41, 5.74) is 17.9. The van der Waals surface area contributed by atoms with Gasteiger partial charge in [-0.1, -0.05) is 10.2 Å². The van der Waals surface area contributed by atoms with Gasteiger partial charge < -0.3 is 14.8 Å².